The molecule has 2 N–H and O–H groups in total. The molecule has 0 aliphatic rings. The zero-order chi connectivity index (χ0) is 17.7. The van der Waals surface area contributed by atoms with Crippen LogP contribution < -0.4 is 5.43 Å². The summed E-state index contributed by atoms with van der Waals surface area (Å²) in [4.78, 5) is 13.7. The van der Waals surface area contributed by atoms with Crippen LogP contribution in [0.15, 0.2) is 81.7 Å². The maximum Gasteiger partial charge on any atom is 0.281 e. The van der Waals surface area contributed by atoms with Crippen LogP contribution >= 0.6 is 27.3 Å². The van der Waals surface area contributed by atoms with Crippen molar-refractivity contribution in [3.8, 4) is 0 Å². The molecule has 0 saturated heterocycles. The van der Waals surface area contributed by atoms with E-state index in [0.717, 1.165) is 9.35 Å². The molecule has 0 unspecified atom stereocenters. The monoisotopic (exact) mass is 414 g/mol. The van der Waals surface area contributed by atoms with Crippen molar-refractivity contribution < 1.29 is 9.90 Å². The molecule has 0 aliphatic heterocycles. The van der Waals surface area contributed by atoms with Gasteiger partial charge in [-0.1, -0.05) is 60.7 Å². The molecule has 0 radical (unpaired) electrons. The Labute approximate surface area is 158 Å². The summed E-state index contributed by atoms with van der Waals surface area (Å²) in [5.41, 5.74) is 1.58. The zero-order valence-electron chi connectivity index (χ0n) is 13.1. The van der Waals surface area contributed by atoms with Crippen LogP contribution in [0, 0.1) is 0 Å². The van der Waals surface area contributed by atoms with Crippen LogP contribution in [-0.2, 0) is 10.4 Å². The molecule has 3 aromatic rings. The fourth-order valence-electron chi connectivity index (χ4n) is 2.42. The largest absolute Gasteiger partial charge is 0.372 e. The molecule has 4 nitrogen and oxygen atoms in total. The molecule has 1 amide bonds. The first-order valence-electron chi connectivity index (χ1n) is 7.52. The summed E-state index contributed by atoms with van der Waals surface area (Å²) < 4.78 is 0.900. The van der Waals surface area contributed by atoms with Gasteiger partial charge < -0.3 is 5.11 Å². The van der Waals surface area contributed by atoms with Crippen LogP contribution in [-0.4, -0.2) is 17.2 Å². The maximum atomic E-state index is 12.8. The first-order valence-corrected chi connectivity index (χ1v) is 9.19. The predicted molar refractivity (Wildman–Crippen MR) is 104 cm³/mol. The highest BCUT2D eigenvalue weighted by atomic mass is 79.9. The zero-order valence-corrected chi connectivity index (χ0v) is 15.5. The number of carbonyl (C=O) groups excluding carboxylic acids is 1. The first kappa shape index (κ1) is 17.5. The predicted octanol–water partition coefficient (Wildman–Crippen LogP) is 3.90. The number of thiophene rings is 1. The summed E-state index contributed by atoms with van der Waals surface area (Å²) >= 11 is 4.89. The fourth-order valence-corrected chi connectivity index (χ4v) is 3.75. The number of halogens is 1. The second kappa shape index (κ2) is 7.74. The third kappa shape index (κ3) is 3.71. The van der Waals surface area contributed by atoms with Gasteiger partial charge in [-0.3, -0.25) is 4.79 Å². The van der Waals surface area contributed by atoms with Crippen molar-refractivity contribution in [1.82, 2.24) is 5.43 Å². The van der Waals surface area contributed by atoms with E-state index in [0.29, 0.717) is 11.1 Å². The number of carbonyl (C=O) groups is 1. The molecule has 0 spiro atoms. The Morgan fingerprint density at radius 3 is 2.08 bits per heavy atom. The van der Waals surface area contributed by atoms with E-state index in [4.69, 9.17) is 0 Å². The van der Waals surface area contributed by atoms with E-state index in [1.807, 2.05) is 23.6 Å². The van der Waals surface area contributed by atoms with E-state index >= 15 is 0 Å². The van der Waals surface area contributed by atoms with Gasteiger partial charge >= 0.3 is 0 Å². The van der Waals surface area contributed by atoms with Crippen molar-refractivity contribution in [1.29, 1.82) is 0 Å². The molecule has 126 valence electrons. The van der Waals surface area contributed by atoms with Crippen LogP contribution in [0.25, 0.3) is 0 Å². The van der Waals surface area contributed by atoms with E-state index in [2.05, 4.69) is 26.5 Å². The van der Waals surface area contributed by atoms with E-state index in [9.17, 15) is 9.90 Å². The van der Waals surface area contributed by atoms with E-state index in [1.54, 1.807) is 54.7 Å². The molecule has 6 heteroatoms. The number of nitrogens with one attached hydrogen (secondary N) is 1. The third-order valence-corrected chi connectivity index (χ3v) is 5.51. The molecule has 2 aromatic carbocycles. The molecule has 0 fully saturated rings. The number of hydrogen-bond acceptors (Lipinski definition) is 4. The van der Waals surface area contributed by atoms with Crippen molar-refractivity contribution in [3.63, 3.8) is 0 Å². The Morgan fingerprint density at radius 2 is 1.60 bits per heavy atom. The van der Waals surface area contributed by atoms with Crippen LogP contribution in [0.3, 0.4) is 0 Å². The third-order valence-electron chi connectivity index (χ3n) is 3.70. The number of nitrogens with zero attached hydrogens (tertiary/aromatic N) is 1. The van der Waals surface area contributed by atoms with Crippen LogP contribution in [0.5, 0.6) is 0 Å². The van der Waals surface area contributed by atoms with Gasteiger partial charge in [0.15, 0.2) is 5.60 Å². The number of rotatable bonds is 5. The molecule has 25 heavy (non-hydrogen) atoms. The van der Waals surface area contributed by atoms with E-state index in [1.165, 1.54) is 11.3 Å². The Balaban J connectivity index is 1.91. The summed E-state index contributed by atoms with van der Waals surface area (Å²) in [6.45, 7) is 0. The first-order chi connectivity index (χ1) is 12.1. The number of hydrogen-bond donors (Lipinski definition) is 2. The molecule has 1 aromatic heterocycles. The van der Waals surface area contributed by atoms with Crippen molar-refractivity contribution in [2.24, 2.45) is 5.10 Å². The van der Waals surface area contributed by atoms with Gasteiger partial charge in [-0.25, -0.2) is 5.43 Å². The average molecular weight is 415 g/mol. The number of amides is 1. The van der Waals surface area contributed by atoms with Crippen LogP contribution in [0.1, 0.15) is 16.0 Å². The van der Waals surface area contributed by atoms with Gasteiger partial charge in [-0.15, -0.1) is 11.3 Å². The molecule has 3 rings (SSSR count). The number of hydrazone groups is 1. The Morgan fingerprint density at radius 1 is 1.04 bits per heavy atom. The minimum atomic E-state index is -1.83. The molecule has 0 atom stereocenters. The van der Waals surface area contributed by atoms with E-state index < -0.39 is 11.5 Å². The lowest BCUT2D eigenvalue weighted by Crippen LogP contribution is -2.43. The Kier molecular flexibility index (Phi) is 5.43. The lowest BCUT2D eigenvalue weighted by atomic mass is 9.85. The highest BCUT2D eigenvalue weighted by Crippen LogP contribution is 2.29. The smallest absolute Gasteiger partial charge is 0.281 e. The highest BCUT2D eigenvalue weighted by molar-refractivity contribution is 9.10. The SMILES string of the molecule is O=C(NN=Cc1sccc1Br)C(O)(c1ccccc1)c1ccccc1. The summed E-state index contributed by atoms with van der Waals surface area (Å²) in [5, 5.41) is 17.1. The summed E-state index contributed by atoms with van der Waals surface area (Å²) in [6.07, 6.45) is 1.54. The van der Waals surface area contributed by atoms with Gasteiger partial charge in [0.25, 0.3) is 5.91 Å². The van der Waals surface area contributed by atoms with Crippen molar-refractivity contribution in [2.75, 3.05) is 0 Å². The Bertz CT molecular complexity index is 839. The lowest BCUT2D eigenvalue weighted by molar-refractivity contribution is -0.136. The second-order valence-electron chi connectivity index (χ2n) is 5.27. The fraction of sp³-hybridized carbons (Fsp3) is 0.0526. The molecule has 0 bridgehead atoms. The van der Waals surface area contributed by atoms with Crippen molar-refractivity contribution in [3.05, 3.63) is 92.6 Å². The minimum Gasteiger partial charge on any atom is -0.372 e. The molecule has 0 saturated carbocycles. The molecule has 1 heterocycles. The topological polar surface area (TPSA) is 61.7 Å². The van der Waals surface area contributed by atoms with Gasteiger partial charge in [-0.2, -0.15) is 5.10 Å². The summed E-state index contributed by atoms with van der Waals surface area (Å²) in [6, 6.07) is 19.5. The van der Waals surface area contributed by atoms with Gasteiger partial charge in [0.1, 0.15) is 0 Å². The Hall–Kier alpha value is -2.28. The normalized spacial score (nSPS) is 11.6. The van der Waals surface area contributed by atoms with Gasteiger partial charge in [0, 0.05) is 4.47 Å². The van der Waals surface area contributed by atoms with Crippen molar-refractivity contribution in [2.45, 2.75) is 5.60 Å². The second-order valence-corrected chi connectivity index (χ2v) is 7.08. The molecule has 0 aliphatic carbocycles. The van der Waals surface area contributed by atoms with Crippen molar-refractivity contribution >= 4 is 39.4 Å². The lowest BCUT2D eigenvalue weighted by Gasteiger charge is -2.27. The van der Waals surface area contributed by atoms with Gasteiger partial charge in [0.2, 0.25) is 0 Å². The maximum absolute atomic E-state index is 12.8. The quantitative estimate of drug-likeness (QED) is 0.491. The van der Waals surface area contributed by atoms with Crippen LogP contribution in [0.4, 0.5) is 0 Å². The highest BCUT2D eigenvalue weighted by Gasteiger charge is 2.39. The molecular weight excluding hydrogens is 400 g/mol. The van der Waals surface area contributed by atoms with E-state index in [-0.39, 0.29) is 0 Å². The van der Waals surface area contributed by atoms with Gasteiger partial charge in [-0.05, 0) is 38.5 Å². The molecular formula is C19H15BrN2O2S. The van der Waals surface area contributed by atoms with Crippen LogP contribution in [0.2, 0.25) is 0 Å². The summed E-state index contributed by atoms with van der Waals surface area (Å²) in [7, 11) is 0. The average Bonchev–Trinajstić information content (AvgIpc) is 3.07. The number of aliphatic hydroxyl groups is 1. The summed E-state index contributed by atoms with van der Waals surface area (Å²) in [5.74, 6) is -0.617. The van der Waals surface area contributed by atoms with Gasteiger partial charge in [0.05, 0.1) is 11.1 Å². The standard InChI is InChI=1S/C19H15BrN2O2S/c20-16-11-12-25-17(16)13-21-22-18(23)19(24,14-7-3-1-4-8-14)15-9-5-2-6-10-15/h1-13,24H,(H,22,23). The number of benzene rings is 2. The minimum absolute atomic E-state index is 0.478.